The molecule has 6 heteroatoms. The van der Waals surface area contributed by atoms with E-state index in [1.807, 2.05) is 20.8 Å². The van der Waals surface area contributed by atoms with Gasteiger partial charge in [-0.2, -0.15) is 0 Å². The number of carbonyl (C=O) groups is 1. The molecule has 1 heterocycles. The van der Waals surface area contributed by atoms with E-state index in [0.29, 0.717) is 19.6 Å². The standard InChI is InChI=1S/C12H24N2O4/c1-12(2,3)18-11(17)14-5-4-9(7-14)13-6-10(16)8-15/h9-10,13,15-16H,4-8H2,1-3H3. The number of nitrogens with zero attached hydrogens (tertiary/aromatic N) is 1. The van der Waals surface area contributed by atoms with Crippen molar-refractivity contribution < 1.29 is 19.7 Å². The lowest BCUT2D eigenvalue weighted by molar-refractivity contribution is 0.0289. The van der Waals surface area contributed by atoms with Gasteiger partial charge in [-0.3, -0.25) is 0 Å². The zero-order valence-electron chi connectivity index (χ0n) is 11.3. The lowest BCUT2D eigenvalue weighted by atomic mass is 10.2. The molecule has 106 valence electrons. The molecule has 1 fully saturated rings. The first kappa shape index (κ1) is 15.2. The highest BCUT2D eigenvalue weighted by molar-refractivity contribution is 5.68. The Morgan fingerprint density at radius 1 is 1.56 bits per heavy atom. The second kappa shape index (κ2) is 6.36. The van der Waals surface area contributed by atoms with Gasteiger partial charge in [0.1, 0.15) is 5.60 Å². The number of rotatable bonds is 4. The Morgan fingerprint density at radius 2 is 2.22 bits per heavy atom. The van der Waals surface area contributed by atoms with E-state index in [-0.39, 0.29) is 18.7 Å². The fourth-order valence-corrected chi connectivity index (χ4v) is 1.79. The van der Waals surface area contributed by atoms with Crippen molar-refractivity contribution in [2.45, 2.75) is 44.9 Å². The van der Waals surface area contributed by atoms with Gasteiger partial charge in [0.05, 0.1) is 12.7 Å². The highest BCUT2D eigenvalue weighted by atomic mass is 16.6. The summed E-state index contributed by atoms with van der Waals surface area (Å²) in [6.45, 7) is 6.84. The van der Waals surface area contributed by atoms with E-state index in [1.54, 1.807) is 4.90 Å². The molecule has 1 rings (SSSR count). The molecule has 0 aromatic heterocycles. The number of amides is 1. The van der Waals surface area contributed by atoms with E-state index in [4.69, 9.17) is 9.84 Å². The van der Waals surface area contributed by atoms with Gasteiger partial charge in [-0.1, -0.05) is 0 Å². The quantitative estimate of drug-likeness (QED) is 0.659. The Morgan fingerprint density at radius 3 is 2.78 bits per heavy atom. The van der Waals surface area contributed by atoms with E-state index in [2.05, 4.69) is 5.32 Å². The highest BCUT2D eigenvalue weighted by Gasteiger charge is 2.29. The molecule has 3 N–H and O–H groups in total. The van der Waals surface area contributed by atoms with Crippen LogP contribution in [0.2, 0.25) is 0 Å². The van der Waals surface area contributed by atoms with Crippen molar-refractivity contribution in [3.63, 3.8) is 0 Å². The largest absolute Gasteiger partial charge is 0.444 e. The van der Waals surface area contributed by atoms with E-state index < -0.39 is 11.7 Å². The van der Waals surface area contributed by atoms with Crippen molar-refractivity contribution in [1.82, 2.24) is 10.2 Å². The molecule has 2 unspecified atom stereocenters. The van der Waals surface area contributed by atoms with Crippen molar-refractivity contribution in [1.29, 1.82) is 0 Å². The monoisotopic (exact) mass is 260 g/mol. The summed E-state index contributed by atoms with van der Waals surface area (Å²) in [5.74, 6) is 0. The van der Waals surface area contributed by atoms with Crippen LogP contribution < -0.4 is 5.32 Å². The van der Waals surface area contributed by atoms with Gasteiger partial charge < -0.3 is 25.2 Å². The molecule has 0 aromatic carbocycles. The SMILES string of the molecule is CC(C)(C)OC(=O)N1CCC(NCC(O)CO)C1. The van der Waals surface area contributed by atoms with Crippen molar-refractivity contribution in [3.05, 3.63) is 0 Å². The number of carbonyl (C=O) groups excluding carboxylic acids is 1. The molecule has 1 aliphatic heterocycles. The minimum atomic E-state index is -0.749. The van der Waals surface area contributed by atoms with Crippen molar-refractivity contribution >= 4 is 6.09 Å². The molecule has 0 saturated carbocycles. The summed E-state index contributed by atoms with van der Waals surface area (Å²) in [6, 6.07) is 0.152. The van der Waals surface area contributed by atoms with Crippen LogP contribution in [0.25, 0.3) is 0 Å². The fraction of sp³-hybridized carbons (Fsp3) is 0.917. The third kappa shape index (κ3) is 5.20. The second-order valence-corrected chi connectivity index (χ2v) is 5.66. The van der Waals surface area contributed by atoms with Crippen LogP contribution in [0.4, 0.5) is 4.79 Å². The first-order valence-electron chi connectivity index (χ1n) is 6.32. The third-order valence-electron chi connectivity index (χ3n) is 2.69. The summed E-state index contributed by atoms with van der Waals surface area (Å²) < 4.78 is 5.29. The zero-order valence-corrected chi connectivity index (χ0v) is 11.3. The number of nitrogens with one attached hydrogen (secondary N) is 1. The average molecular weight is 260 g/mol. The van der Waals surface area contributed by atoms with Crippen LogP contribution in [0.15, 0.2) is 0 Å². The topological polar surface area (TPSA) is 82.0 Å². The average Bonchev–Trinajstić information content (AvgIpc) is 2.72. The number of likely N-dealkylation sites (tertiary alicyclic amines) is 1. The Balaban J connectivity index is 2.30. The second-order valence-electron chi connectivity index (χ2n) is 5.66. The molecular weight excluding hydrogens is 236 g/mol. The van der Waals surface area contributed by atoms with Crippen molar-refractivity contribution in [3.8, 4) is 0 Å². The first-order valence-corrected chi connectivity index (χ1v) is 6.32. The third-order valence-corrected chi connectivity index (χ3v) is 2.69. The van der Waals surface area contributed by atoms with Crippen LogP contribution in [-0.2, 0) is 4.74 Å². The normalized spacial score (nSPS) is 22.1. The van der Waals surface area contributed by atoms with Gasteiger partial charge in [-0.25, -0.2) is 4.79 Å². The van der Waals surface area contributed by atoms with Crippen LogP contribution in [0, 0.1) is 0 Å². The molecule has 18 heavy (non-hydrogen) atoms. The summed E-state index contributed by atoms with van der Waals surface area (Å²) in [7, 11) is 0. The zero-order chi connectivity index (χ0) is 13.8. The summed E-state index contributed by atoms with van der Waals surface area (Å²) in [6.07, 6.45) is -0.215. The van der Waals surface area contributed by atoms with Gasteiger partial charge in [0.2, 0.25) is 0 Å². The summed E-state index contributed by atoms with van der Waals surface area (Å²) >= 11 is 0. The molecule has 1 amide bonds. The molecule has 2 atom stereocenters. The lowest BCUT2D eigenvalue weighted by Crippen LogP contribution is -2.41. The van der Waals surface area contributed by atoms with Crippen LogP contribution in [0.3, 0.4) is 0 Å². The number of aliphatic hydroxyl groups is 2. The maximum absolute atomic E-state index is 11.8. The molecule has 0 aromatic rings. The smallest absolute Gasteiger partial charge is 0.410 e. The minimum Gasteiger partial charge on any atom is -0.444 e. The molecule has 0 radical (unpaired) electrons. The molecule has 0 bridgehead atoms. The minimum absolute atomic E-state index is 0.152. The fourth-order valence-electron chi connectivity index (χ4n) is 1.79. The predicted octanol–water partition coefficient (Wildman–Crippen LogP) is -0.0614. The van der Waals surface area contributed by atoms with Crippen molar-refractivity contribution in [2.75, 3.05) is 26.2 Å². The predicted molar refractivity (Wildman–Crippen MR) is 67.3 cm³/mol. The summed E-state index contributed by atoms with van der Waals surface area (Å²) in [4.78, 5) is 13.4. The molecule has 0 spiro atoms. The van der Waals surface area contributed by atoms with Gasteiger partial charge in [0, 0.05) is 25.7 Å². The van der Waals surface area contributed by atoms with Crippen LogP contribution in [0.5, 0.6) is 0 Å². The number of aliphatic hydroxyl groups excluding tert-OH is 2. The molecule has 1 saturated heterocycles. The Bertz CT molecular complexity index is 278. The highest BCUT2D eigenvalue weighted by Crippen LogP contribution is 2.15. The Hall–Kier alpha value is -0.850. The van der Waals surface area contributed by atoms with Crippen LogP contribution in [-0.4, -0.2) is 65.2 Å². The van der Waals surface area contributed by atoms with E-state index >= 15 is 0 Å². The first-order chi connectivity index (χ1) is 8.31. The van der Waals surface area contributed by atoms with E-state index in [1.165, 1.54) is 0 Å². The Kier molecular flexibility index (Phi) is 5.37. The maximum Gasteiger partial charge on any atom is 0.410 e. The molecular formula is C12H24N2O4. The van der Waals surface area contributed by atoms with Crippen LogP contribution >= 0.6 is 0 Å². The number of hydrogen-bond acceptors (Lipinski definition) is 5. The van der Waals surface area contributed by atoms with Gasteiger partial charge in [0.25, 0.3) is 0 Å². The van der Waals surface area contributed by atoms with Gasteiger partial charge in [0.15, 0.2) is 0 Å². The molecule has 1 aliphatic rings. The lowest BCUT2D eigenvalue weighted by Gasteiger charge is -2.24. The summed E-state index contributed by atoms with van der Waals surface area (Å²) in [5, 5.41) is 21.1. The summed E-state index contributed by atoms with van der Waals surface area (Å²) in [5.41, 5.74) is -0.477. The van der Waals surface area contributed by atoms with Crippen molar-refractivity contribution in [2.24, 2.45) is 0 Å². The van der Waals surface area contributed by atoms with Gasteiger partial charge in [-0.15, -0.1) is 0 Å². The van der Waals surface area contributed by atoms with Crippen LogP contribution in [0.1, 0.15) is 27.2 Å². The van der Waals surface area contributed by atoms with E-state index in [9.17, 15) is 9.90 Å². The van der Waals surface area contributed by atoms with E-state index in [0.717, 1.165) is 6.42 Å². The Labute approximate surface area is 108 Å². The molecule has 0 aliphatic carbocycles. The number of hydrogen-bond donors (Lipinski definition) is 3. The van der Waals surface area contributed by atoms with Gasteiger partial charge >= 0.3 is 6.09 Å². The van der Waals surface area contributed by atoms with Gasteiger partial charge in [-0.05, 0) is 27.2 Å². The number of ether oxygens (including phenoxy) is 1. The molecule has 6 nitrogen and oxygen atoms in total. The maximum atomic E-state index is 11.8.